The second-order valence-corrected chi connectivity index (χ2v) is 4.00. The molecule has 0 atom stereocenters. The summed E-state index contributed by atoms with van der Waals surface area (Å²) in [6.45, 7) is 5.61. The molecule has 4 nitrogen and oxygen atoms in total. The van der Waals surface area contributed by atoms with E-state index in [4.69, 9.17) is 9.84 Å². The van der Waals surface area contributed by atoms with E-state index in [1.807, 2.05) is 19.1 Å². The van der Waals surface area contributed by atoms with Gasteiger partial charge in [0.1, 0.15) is 0 Å². The van der Waals surface area contributed by atoms with Gasteiger partial charge in [-0.25, -0.2) is 0 Å². The van der Waals surface area contributed by atoms with Crippen LogP contribution in [0.15, 0.2) is 30.9 Å². The van der Waals surface area contributed by atoms with Crippen molar-refractivity contribution >= 4 is 5.97 Å². The van der Waals surface area contributed by atoms with Crippen LogP contribution in [0.4, 0.5) is 0 Å². The predicted octanol–water partition coefficient (Wildman–Crippen LogP) is 3.39. The van der Waals surface area contributed by atoms with Crippen LogP contribution in [0.1, 0.15) is 31.7 Å². The summed E-state index contributed by atoms with van der Waals surface area (Å²) in [7, 11) is 1.53. The number of ether oxygens (including phenoxy) is 1. The highest BCUT2D eigenvalue weighted by molar-refractivity contribution is 5.66. The molecule has 0 aliphatic heterocycles. The zero-order valence-corrected chi connectivity index (χ0v) is 11.6. The fourth-order valence-electron chi connectivity index (χ4n) is 1.34. The summed E-state index contributed by atoms with van der Waals surface area (Å²) in [6, 6.07) is 5.27. The molecule has 4 heteroatoms. The third-order valence-corrected chi connectivity index (χ3v) is 2.37. The Kier molecular flexibility index (Phi) is 8.96. The molecule has 0 aromatic heterocycles. The van der Waals surface area contributed by atoms with Gasteiger partial charge in [0.2, 0.25) is 0 Å². The van der Waals surface area contributed by atoms with Crippen LogP contribution in [-0.2, 0) is 11.2 Å². The van der Waals surface area contributed by atoms with E-state index < -0.39 is 5.97 Å². The molecule has 0 saturated heterocycles. The molecule has 0 bridgehead atoms. The van der Waals surface area contributed by atoms with Crippen LogP contribution in [0.25, 0.3) is 0 Å². The standard InChI is InChI=1S/C10H12O2.C5H10O2/c1-3-4-8-5-6-9(11)10(7-8)12-2;1-2-3-4-5(6)7/h3,5-7,11H,1,4H2,2H3;2-4H2,1H3,(H,6,7). The number of phenols is 1. The van der Waals surface area contributed by atoms with Crippen molar-refractivity contribution < 1.29 is 19.7 Å². The van der Waals surface area contributed by atoms with Gasteiger partial charge in [0.25, 0.3) is 0 Å². The molecule has 0 heterocycles. The molecule has 0 amide bonds. The maximum Gasteiger partial charge on any atom is 0.303 e. The average Bonchev–Trinajstić information content (AvgIpc) is 2.39. The summed E-state index contributed by atoms with van der Waals surface area (Å²) in [5.41, 5.74) is 1.08. The Bertz CT molecular complexity index is 399. The van der Waals surface area contributed by atoms with E-state index in [0.717, 1.165) is 24.8 Å². The highest BCUT2D eigenvalue weighted by Gasteiger charge is 2.00. The van der Waals surface area contributed by atoms with E-state index >= 15 is 0 Å². The van der Waals surface area contributed by atoms with Crippen LogP contribution in [0.2, 0.25) is 0 Å². The smallest absolute Gasteiger partial charge is 0.303 e. The first-order chi connectivity index (χ1) is 9.04. The Morgan fingerprint density at radius 2 is 2.16 bits per heavy atom. The molecular formula is C15H22O4. The third kappa shape index (κ3) is 7.86. The van der Waals surface area contributed by atoms with Gasteiger partial charge < -0.3 is 14.9 Å². The van der Waals surface area contributed by atoms with Gasteiger partial charge in [0.15, 0.2) is 11.5 Å². The Morgan fingerprint density at radius 1 is 1.47 bits per heavy atom. The number of carboxylic acids is 1. The largest absolute Gasteiger partial charge is 0.504 e. The van der Waals surface area contributed by atoms with Gasteiger partial charge in [-0.15, -0.1) is 6.58 Å². The number of carbonyl (C=O) groups is 1. The molecule has 2 N–H and O–H groups in total. The lowest BCUT2D eigenvalue weighted by atomic mass is 10.1. The van der Waals surface area contributed by atoms with E-state index in [2.05, 4.69) is 6.58 Å². The average molecular weight is 266 g/mol. The van der Waals surface area contributed by atoms with Gasteiger partial charge in [-0.05, 0) is 30.5 Å². The summed E-state index contributed by atoms with van der Waals surface area (Å²) in [6.07, 6.45) is 4.68. The SMILES string of the molecule is C=CCc1ccc(O)c(OC)c1.CCCCC(=O)O. The van der Waals surface area contributed by atoms with E-state index in [9.17, 15) is 9.90 Å². The highest BCUT2D eigenvalue weighted by Crippen LogP contribution is 2.26. The maximum absolute atomic E-state index is 9.76. The van der Waals surface area contributed by atoms with Crippen LogP contribution in [0.3, 0.4) is 0 Å². The normalized spacial score (nSPS) is 9.16. The summed E-state index contributed by atoms with van der Waals surface area (Å²) in [5, 5.41) is 17.3. The number of aliphatic carboxylic acids is 1. The molecular weight excluding hydrogens is 244 g/mol. The minimum absolute atomic E-state index is 0.172. The molecule has 19 heavy (non-hydrogen) atoms. The van der Waals surface area contributed by atoms with E-state index in [0.29, 0.717) is 12.2 Å². The van der Waals surface area contributed by atoms with Crippen molar-refractivity contribution in [3.05, 3.63) is 36.4 Å². The highest BCUT2D eigenvalue weighted by atomic mass is 16.5. The molecule has 0 fully saturated rings. The first-order valence-electron chi connectivity index (χ1n) is 6.23. The molecule has 1 rings (SSSR count). The van der Waals surface area contributed by atoms with Crippen molar-refractivity contribution in [2.24, 2.45) is 0 Å². The number of allylic oxidation sites excluding steroid dienone is 1. The number of methoxy groups -OCH3 is 1. The molecule has 1 aromatic carbocycles. The molecule has 0 saturated carbocycles. The van der Waals surface area contributed by atoms with Crippen molar-refractivity contribution in [3.8, 4) is 11.5 Å². The first kappa shape index (κ1) is 17.0. The van der Waals surface area contributed by atoms with Crippen LogP contribution < -0.4 is 4.74 Å². The van der Waals surface area contributed by atoms with Crippen molar-refractivity contribution in [1.29, 1.82) is 0 Å². The lowest BCUT2D eigenvalue weighted by molar-refractivity contribution is -0.137. The summed E-state index contributed by atoms with van der Waals surface area (Å²) in [4.78, 5) is 9.76. The van der Waals surface area contributed by atoms with Gasteiger partial charge >= 0.3 is 5.97 Å². The van der Waals surface area contributed by atoms with Crippen LogP contribution in [0, 0.1) is 0 Å². The molecule has 0 aliphatic carbocycles. The first-order valence-corrected chi connectivity index (χ1v) is 6.23. The fraction of sp³-hybridized carbons (Fsp3) is 0.400. The molecule has 1 aromatic rings. The number of aromatic hydroxyl groups is 1. The Labute approximate surface area is 114 Å². The van der Waals surface area contributed by atoms with Gasteiger partial charge in [0.05, 0.1) is 7.11 Å². The van der Waals surface area contributed by atoms with Crippen LogP contribution in [0.5, 0.6) is 11.5 Å². The van der Waals surface area contributed by atoms with Crippen LogP contribution in [-0.4, -0.2) is 23.3 Å². The zero-order valence-electron chi connectivity index (χ0n) is 11.6. The molecule has 0 aliphatic rings. The van der Waals surface area contributed by atoms with Crippen molar-refractivity contribution in [3.63, 3.8) is 0 Å². The van der Waals surface area contributed by atoms with Gasteiger partial charge in [-0.1, -0.05) is 25.5 Å². The van der Waals surface area contributed by atoms with E-state index in [-0.39, 0.29) is 5.75 Å². The molecule has 106 valence electrons. The second-order valence-electron chi connectivity index (χ2n) is 4.00. The number of benzene rings is 1. The summed E-state index contributed by atoms with van der Waals surface area (Å²) in [5.74, 6) is -0.0125. The van der Waals surface area contributed by atoms with Gasteiger partial charge in [-0.3, -0.25) is 4.79 Å². The van der Waals surface area contributed by atoms with Crippen molar-refractivity contribution in [1.82, 2.24) is 0 Å². The maximum atomic E-state index is 9.76. The van der Waals surface area contributed by atoms with Gasteiger partial charge in [0, 0.05) is 6.42 Å². The lowest BCUT2D eigenvalue weighted by Crippen LogP contribution is -1.91. The molecule has 0 radical (unpaired) electrons. The number of hydrogen-bond donors (Lipinski definition) is 2. The monoisotopic (exact) mass is 266 g/mol. The Balaban J connectivity index is 0.000000399. The van der Waals surface area contributed by atoms with Crippen molar-refractivity contribution in [2.45, 2.75) is 32.6 Å². The Morgan fingerprint density at radius 3 is 2.58 bits per heavy atom. The summed E-state index contributed by atoms with van der Waals surface area (Å²) < 4.78 is 4.95. The van der Waals surface area contributed by atoms with Crippen LogP contribution >= 0.6 is 0 Å². The fourth-order valence-corrected chi connectivity index (χ4v) is 1.34. The minimum atomic E-state index is -0.693. The summed E-state index contributed by atoms with van der Waals surface area (Å²) >= 11 is 0. The second kappa shape index (κ2) is 10.00. The van der Waals surface area contributed by atoms with E-state index in [1.54, 1.807) is 12.1 Å². The minimum Gasteiger partial charge on any atom is -0.504 e. The quantitative estimate of drug-likeness (QED) is 0.774. The predicted molar refractivity (Wildman–Crippen MR) is 75.7 cm³/mol. The number of rotatable bonds is 6. The third-order valence-electron chi connectivity index (χ3n) is 2.37. The topological polar surface area (TPSA) is 66.8 Å². The van der Waals surface area contributed by atoms with E-state index in [1.165, 1.54) is 7.11 Å². The number of hydrogen-bond acceptors (Lipinski definition) is 3. The molecule has 0 unspecified atom stereocenters. The van der Waals surface area contributed by atoms with Gasteiger partial charge in [-0.2, -0.15) is 0 Å². The van der Waals surface area contributed by atoms with Crippen molar-refractivity contribution in [2.75, 3.05) is 7.11 Å². The zero-order chi connectivity index (χ0) is 14.7. The Hall–Kier alpha value is -1.97. The molecule has 0 spiro atoms. The number of phenolic OH excluding ortho intramolecular Hbond substituents is 1. The number of carboxylic acid groups (broad SMARTS) is 1. The number of unbranched alkanes of at least 4 members (excludes halogenated alkanes) is 1. The lowest BCUT2D eigenvalue weighted by Gasteiger charge is -2.04.